The minimum atomic E-state index is 0.112. The predicted molar refractivity (Wildman–Crippen MR) is 126 cm³/mol. The summed E-state index contributed by atoms with van der Waals surface area (Å²) < 4.78 is 5.89. The first-order chi connectivity index (χ1) is 15.2. The molecule has 2 aromatic rings. The first-order valence-electron chi connectivity index (χ1n) is 11.8. The van der Waals surface area contributed by atoms with E-state index in [1.807, 2.05) is 29.2 Å². The van der Waals surface area contributed by atoms with Crippen molar-refractivity contribution in [2.75, 3.05) is 57.3 Å². The number of hydrogen-bond donors (Lipinski definition) is 0. The zero-order valence-electron chi connectivity index (χ0n) is 18.8. The Morgan fingerprint density at radius 3 is 2.29 bits per heavy atom. The van der Waals surface area contributed by atoms with Crippen LogP contribution in [0.2, 0.25) is 0 Å². The third kappa shape index (κ3) is 5.79. The van der Waals surface area contributed by atoms with E-state index in [0.717, 1.165) is 57.1 Å². The second kappa shape index (κ2) is 10.7. The van der Waals surface area contributed by atoms with E-state index >= 15 is 0 Å². The summed E-state index contributed by atoms with van der Waals surface area (Å²) in [5.41, 5.74) is 3.30. The number of carbonyl (C=O) groups excluding carboxylic acids is 1. The van der Waals surface area contributed by atoms with Crippen molar-refractivity contribution in [3.05, 3.63) is 59.7 Å². The first-order valence-corrected chi connectivity index (χ1v) is 11.8. The zero-order chi connectivity index (χ0) is 21.5. The summed E-state index contributed by atoms with van der Waals surface area (Å²) in [7, 11) is 0. The molecule has 0 spiro atoms. The molecule has 166 valence electrons. The highest BCUT2D eigenvalue weighted by atomic mass is 16.5. The van der Waals surface area contributed by atoms with E-state index in [2.05, 4.69) is 41.0 Å². The highest BCUT2D eigenvalue weighted by molar-refractivity contribution is 5.94. The van der Waals surface area contributed by atoms with E-state index < -0.39 is 0 Å². The standard InChI is InChI=1S/C26H35N3O2/c1-22-8-3-4-9-25(22)28-17-19-29(20-18-28)26(30)23-10-12-24(13-11-23)31-21-7-16-27-14-5-2-6-15-27/h3-4,8-13H,2,5-7,14-21H2,1H3. The van der Waals surface area contributed by atoms with E-state index in [4.69, 9.17) is 4.74 Å². The number of piperidine rings is 1. The van der Waals surface area contributed by atoms with E-state index in [9.17, 15) is 4.79 Å². The molecule has 0 aromatic heterocycles. The van der Waals surface area contributed by atoms with Gasteiger partial charge >= 0.3 is 0 Å². The lowest BCUT2D eigenvalue weighted by atomic mass is 10.1. The number of carbonyl (C=O) groups is 1. The Morgan fingerprint density at radius 1 is 0.871 bits per heavy atom. The van der Waals surface area contributed by atoms with Gasteiger partial charge in [0, 0.05) is 44.0 Å². The van der Waals surface area contributed by atoms with Crippen LogP contribution in [0.5, 0.6) is 5.75 Å². The molecular weight excluding hydrogens is 386 g/mol. The van der Waals surface area contributed by atoms with E-state index in [1.54, 1.807) is 0 Å². The van der Waals surface area contributed by atoms with Gasteiger partial charge in [0.25, 0.3) is 5.91 Å². The molecule has 5 nitrogen and oxygen atoms in total. The summed E-state index contributed by atoms with van der Waals surface area (Å²) in [6.07, 6.45) is 5.08. The van der Waals surface area contributed by atoms with Gasteiger partial charge < -0.3 is 19.4 Å². The summed E-state index contributed by atoms with van der Waals surface area (Å²) in [6, 6.07) is 16.1. The van der Waals surface area contributed by atoms with Crippen molar-refractivity contribution < 1.29 is 9.53 Å². The third-order valence-electron chi connectivity index (χ3n) is 6.46. The van der Waals surface area contributed by atoms with Crippen molar-refractivity contribution in [2.45, 2.75) is 32.6 Å². The van der Waals surface area contributed by atoms with Crippen molar-refractivity contribution in [3.8, 4) is 5.75 Å². The number of likely N-dealkylation sites (tertiary alicyclic amines) is 1. The van der Waals surface area contributed by atoms with Crippen LogP contribution in [-0.4, -0.2) is 68.1 Å². The summed E-state index contributed by atoms with van der Waals surface area (Å²) in [5, 5.41) is 0. The quantitative estimate of drug-likeness (QED) is 0.628. The number of piperazine rings is 1. The number of aryl methyl sites for hydroxylation is 1. The number of anilines is 1. The maximum Gasteiger partial charge on any atom is 0.253 e. The average Bonchev–Trinajstić information content (AvgIpc) is 2.83. The summed E-state index contributed by atoms with van der Waals surface area (Å²) in [6.45, 7) is 9.69. The molecule has 0 radical (unpaired) electrons. The number of benzene rings is 2. The molecule has 4 rings (SSSR count). The van der Waals surface area contributed by atoms with Gasteiger partial charge in [-0.3, -0.25) is 4.79 Å². The molecule has 2 heterocycles. The molecule has 2 aliphatic heterocycles. The normalized spacial score (nSPS) is 17.6. The van der Waals surface area contributed by atoms with Crippen molar-refractivity contribution in [2.24, 2.45) is 0 Å². The Hall–Kier alpha value is -2.53. The van der Waals surface area contributed by atoms with Gasteiger partial charge in [-0.2, -0.15) is 0 Å². The van der Waals surface area contributed by atoms with Crippen LogP contribution in [0.15, 0.2) is 48.5 Å². The molecule has 2 aromatic carbocycles. The van der Waals surface area contributed by atoms with Gasteiger partial charge in [-0.1, -0.05) is 24.6 Å². The molecule has 0 atom stereocenters. The average molecular weight is 422 g/mol. The molecule has 2 fully saturated rings. The van der Waals surface area contributed by atoms with Crippen molar-refractivity contribution in [1.29, 1.82) is 0 Å². The molecule has 0 unspecified atom stereocenters. The fourth-order valence-corrected chi connectivity index (χ4v) is 4.61. The molecule has 0 saturated carbocycles. The number of para-hydroxylation sites is 1. The fourth-order valence-electron chi connectivity index (χ4n) is 4.61. The lowest BCUT2D eigenvalue weighted by Gasteiger charge is -2.36. The van der Waals surface area contributed by atoms with Gasteiger partial charge in [-0.15, -0.1) is 0 Å². The van der Waals surface area contributed by atoms with Gasteiger partial charge in [-0.25, -0.2) is 0 Å². The van der Waals surface area contributed by atoms with Gasteiger partial charge in [0.2, 0.25) is 0 Å². The zero-order valence-corrected chi connectivity index (χ0v) is 18.8. The molecule has 2 aliphatic rings. The topological polar surface area (TPSA) is 36.0 Å². The number of nitrogens with zero attached hydrogens (tertiary/aromatic N) is 3. The highest BCUT2D eigenvalue weighted by Crippen LogP contribution is 2.22. The molecule has 5 heteroatoms. The van der Waals surface area contributed by atoms with Crippen LogP contribution in [0.1, 0.15) is 41.6 Å². The monoisotopic (exact) mass is 421 g/mol. The highest BCUT2D eigenvalue weighted by Gasteiger charge is 2.23. The molecule has 0 bridgehead atoms. The molecule has 0 aliphatic carbocycles. The van der Waals surface area contributed by atoms with Crippen LogP contribution >= 0.6 is 0 Å². The van der Waals surface area contributed by atoms with E-state index in [-0.39, 0.29) is 5.91 Å². The van der Waals surface area contributed by atoms with Crippen LogP contribution in [-0.2, 0) is 0 Å². The van der Waals surface area contributed by atoms with Crippen molar-refractivity contribution in [3.63, 3.8) is 0 Å². The maximum atomic E-state index is 12.9. The Kier molecular flexibility index (Phi) is 7.47. The maximum absolute atomic E-state index is 12.9. The molecular formula is C26H35N3O2. The van der Waals surface area contributed by atoms with Crippen molar-refractivity contribution >= 4 is 11.6 Å². The first kappa shape index (κ1) is 21.7. The van der Waals surface area contributed by atoms with Gasteiger partial charge in [0.05, 0.1) is 6.61 Å². The smallest absolute Gasteiger partial charge is 0.253 e. The molecule has 31 heavy (non-hydrogen) atoms. The minimum absolute atomic E-state index is 0.112. The number of rotatable bonds is 7. The second-order valence-corrected chi connectivity index (χ2v) is 8.69. The number of hydrogen-bond acceptors (Lipinski definition) is 4. The molecule has 0 N–H and O–H groups in total. The van der Waals surface area contributed by atoms with Crippen LogP contribution in [0.4, 0.5) is 5.69 Å². The Bertz CT molecular complexity index is 838. The predicted octanol–water partition coefficient (Wildman–Crippen LogP) is 4.21. The van der Waals surface area contributed by atoms with Gasteiger partial charge in [-0.05, 0) is 75.2 Å². The van der Waals surface area contributed by atoms with Crippen LogP contribution < -0.4 is 9.64 Å². The Morgan fingerprint density at radius 2 is 1.58 bits per heavy atom. The lowest BCUT2D eigenvalue weighted by Crippen LogP contribution is -2.49. The molecule has 2 saturated heterocycles. The van der Waals surface area contributed by atoms with E-state index in [0.29, 0.717) is 0 Å². The lowest BCUT2D eigenvalue weighted by molar-refractivity contribution is 0.0746. The Labute approximate surface area is 186 Å². The largest absolute Gasteiger partial charge is 0.494 e. The number of ether oxygens (including phenoxy) is 1. The number of amides is 1. The SMILES string of the molecule is Cc1ccccc1N1CCN(C(=O)c2ccc(OCCCN3CCCCC3)cc2)CC1. The van der Waals surface area contributed by atoms with Crippen LogP contribution in [0, 0.1) is 6.92 Å². The molecule has 1 amide bonds. The van der Waals surface area contributed by atoms with Crippen molar-refractivity contribution in [1.82, 2.24) is 9.80 Å². The van der Waals surface area contributed by atoms with Gasteiger partial charge in [0.1, 0.15) is 5.75 Å². The summed E-state index contributed by atoms with van der Waals surface area (Å²) in [4.78, 5) is 19.8. The summed E-state index contributed by atoms with van der Waals surface area (Å²) in [5.74, 6) is 0.959. The van der Waals surface area contributed by atoms with Gasteiger partial charge in [0.15, 0.2) is 0 Å². The fraction of sp³-hybridized carbons (Fsp3) is 0.500. The third-order valence-corrected chi connectivity index (χ3v) is 6.46. The Balaban J connectivity index is 1.22. The van der Waals surface area contributed by atoms with E-state index in [1.165, 1.54) is 43.6 Å². The van der Waals surface area contributed by atoms with Crippen LogP contribution in [0.25, 0.3) is 0 Å². The minimum Gasteiger partial charge on any atom is -0.494 e. The van der Waals surface area contributed by atoms with Crippen LogP contribution in [0.3, 0.4) is 0 Å². The summed E-state index contributed by atoms with van der Waals surface area (Å²) >= 11 is 0. The second-order valence-electron chi connectivity index (χ2n) is 8.69.